The molecule has 0 N–H and O–H groups in total. The van der Waals surface area contributed by atoms with Gasteiger partial charge in [0.05, 0.1) is 0 Å². The third-order valence-electron chi connectivity index (χ3n) is 1.82. The van der Waals surface area contributed by atoms with E-state index < -0.39 is 0 Å². The minimum absolute atomic E-state index is 0.742. The van der Waals surface area contributed by atoms with Crippen LogP contribution in [-0.4, -0.2) is 10.7 Å². The number of oxazole rings is 1. The zero-order valence-electron chi connectivity index (χ0n) is 7.93. The largest absolute Gasteiger partial charge is 0.439 e. The second-order valence-electron chi connectivity index (χ2n) is 2.80. The first-order valence-corrected chi connectivity index (χ1v) is 5.52. The molecule has 0 atom stereocenters. The summed E-state index contributed by atoms with van der Waals surface area (Å²) in [5, 5.41) is 0.742. The normalized spacial score (nSPS) is 10.4. The average Bonchev–Trinajstić information content (AvgIpc) is 2.68. The molecule has 0 bridgehead atoms. The van der Waals surface area contributed by atoms with E-state index in [4.69, 9.17) is 4.42 Å². The minimum atomic E-state index is 0.742. The minimum Gasteiger partial charge on any atom is -0.439 e. The Labute approximate surface area is 87.4 Å². The van der Waals surface area contributed by atoms with Crippen LogP contribution in [0.3, 0.4) is 0 Å². The highest BCUT2D eigenvalue weighted by Crippen LogP contribution is 2.23. The van der Waals surface area contributed by atoms with Crippen molar-refractivity contribution in [2.45, 2.75) is 12.1 Å². The summed E-state index contributed by atoms with van der Waals surface area (Å²) in [5.74, 6) is 0.981. The van der Waals surface area contributed by atoms with Crippen LogP contribution in [0.4, 0.5) is 0 Å². The van der Waals surface area contributed by atoms with Gasteiger partial charge in [-0.1, -0.05) is 49.0 Å². The molecule has 0 saturated carbocycles. The van der Waals surface area contributed by atoms with Crippen LogP contribution in [0.25, 0.3) is 11.3 Å². The lowest BCUT2D eigenvalue weighted by molar-refractivity contribution is 0.454. The van der Waals surface area contributed by atoms with Gasteiger partial charge < -0.3 is 4.42 Å². The quantitative estimate of drug-likeness (QED) is 0.718. The van der Waals surface area contributed by atoms with Crippen LogP contribution in [0.2, 0.25) is 0 Å². The standard InChI is InChI=1S/C11H11NOS/c1-2-14-11-12-10(8-13-11)9-6-4-3-5-7-9/h3-8H,2H2,1H3. The Hall–Kier alpha value is -1.22. The molecule has 0 spiro atoms. The molecular formula is C11H11NOS. The van der Waals surface area contributed by atoms with Gasteiger partial charge in [0.1, 0.15) is 12.0 Å². The van der Waals surface area contributed by atoms with Gasteiger partial charge in [-0.3, -0.25) is 0 Å². The van der Waals surface area contributed by atoms with Crippen LogP contribution in [0, 0.1) is 0 Å². The van der Waals surface area contributed by atoms with Gasteiger partial charge in [0, 0.05) is 5.56 Å². The molecule has 0 radical (unpaired) electrons. The SMILES string of the molecule is CCSc1nc(-c2ccccc2)co1. The number of hydrogen-bond donors (Lipinski definition) is 0. The molecule has 2 aromatic rings. The number of aromatic nitrogens is 1. The average molecular weight is 205 g/mol. The summed E-state index contributed by atoms with van der Waals surface area (Å²) in [7, 11) is 0. The van der Waals surface area contributed by atoms with Crippen molar-refractivity contribution in [2.75, 3.05) is 5.75 Å². The molecule has 0 unspecified atom stereocenters. The predicted octanol–water partition coefficient (Wildman–Crippen LogP) is 3.45. The van der Waals surface area contributed by atoms with Crippen LogP contribution in [0.15, 0.2) is 46.2 Å². The third kappa shape index (κ3) is 1.99. The highest BCUT2D eigenvalue weighted by molar-refractivity contribution is 7.99. The number of rotatable bonds is 3. The predicted molar refractivity (Wildman–Crippen MR) is 58.3 cm³/mol. The van der Waals surface area contributed by atoms with E-state index in [1.807, 2.05) is 30.3 Å². The molecule has 1 aromatic heterocycles. The van der Waals surface area contributed by atoms with Gasteiger partial charge in [0.15, 0.2) is 0 Å². The molecule has 0 amide bonds. The first-order chi connectivity index (χ1) is 6.90. The molecular weight excluding hydrogens is 194 g/mol. The van der Waals surface area contributed by atoms with Crippen LogP contribution in [-0.2, 0) is 0 Å². The van der Waals surface area contributed by atoms with E-state index in [1.165, 1.54) is 0 Å². The Kier molecular flexibility index (Phi) is 2.89. The van der Waals surface area contributed by atoms with Crippen molar-refractivity contribution in [1.82, 2.24) is 4.98 Å². The summed E-state index contributed by atoms with van der Waals surface area (Å²) < 4.78 is 5.31. The van der Waals surface area contributed by atoms with Crippen molar-refractivity contribution in [3.63, 3.8) is 0 Å². The van der Waals surface area contributed by atoms with Gasteiger partial charge in [-0.05, 0) is 5.75 Å². The first kappa shape index (κ1) is 9.34. The summed E-state index contributed by atoms with van der Waals surface area (Å²) in [5.41, 5.74) is 2.00. The van der Waals surface area contributed by atoms with Crippen molar-refractivity contribution >= 4 is 11.8 Å². The maximum absolute atomic E-state index is 5.31. The molecule has 0 aliphatic carbocycles. The van der Waals surface area contributed by atoms with E-state index in [2.05, 4.69) is 11.9 Å². The van der Waals surface area contributed by atoms with E-state index in [0.29, 0.717) is 0 Å². The molecule has 2 nitrogen and oxygen atoms in total. The summed E-state index contributed by atoms with van der Waals surface area (Å²) >= 11 is 1.61. The maximum Gasteiger partial charge on any atom is 0.256 e. The van der Waals surface area contributed by atoms with Crippen molar-refractivity contribution < 1.29 is 4.42 Å². The van der Waals surface area contributed by atoms with Crippen molar-refractivity contribution in [3.8, 4) is 11.3 Å². The maximum atomic E-state index is 5.31. The van der Waals surface area contributed by atoms with Crippen LogP contribution < -0.4 is 0 Å². The molecule has 2 rings (SSSR count). The van der Waals surface area contributed by atoms with Gasteiger partial charge in [-0.2, -0.15) is 0 Å². The molecule has 0 fully saturated rings. The number of thioether (sulfide) groups is 1. The molecule has 0 aliphatic rings. The summed E-state index contributed by atoms with van der Waals surface area (Å²) in [4.78, 5) is 4.37. The lowest BCUT2D eigenvalue weighted by Gasteiger charge is -1.92. The molecule has 3 heteroatoms. The topological polar surface area (TPSA) is 26.0 Å². The molecule has 0 saturated heterocycles. The Morgan fingerprint density at radius 3 is 2.79 bits per heavy atom. The third-order valence-corrected chi connectivity index (χ3v) is 2.54. The lowest BCUT2D eigenvalue weighted by Crippen LogP contribution is -1.76. The summed E-state index contributed by atoms with van der Waals surface area (Å²) in [6, 6.07) is 10.0. The highest BCUT2D eigenvalue weighted by atomic mass is 32.2. The van der Waals surface area contributed by atoms with Gasteiger partial charge in [-0.15, -0.1) is 0 Å². The van der Waals surface area contributed by atoms with E-state index in [0.717, 1.165) is 22.2 Å². The smallest absolute Gasteiger partial charge is 0.256 e. The Morgan fingerprint density at radius 2 is 2.07 bits per heavy atom. The molecule has 72 valence electrons. The molecule has 1 aromatic carbocycles. The Bertz CT molecular complexity index is 397. The van der Waals surface area contributed by atoms with E-state index in [1.54, 1.807) is 18.0 Å². The number of nitrogens with zero attached hydrogens (tertiary/aromatic N) is 1. The molecule has 14 heavy (non-hydrogen) atoms. The van der Waals surface area contributed by atoms with Crippen molar-refractivity contribution in [3.05, 3.63) is 36.6 Å². The van der Waals surface area contributed by atoms with Crippen LogP contribution in [0.5, 0.6) is 0 Å². The van der Waals surface area contributed by atoms with E-state index in [-0.39, 0.29) is 0 Å². The molecule has 0 aliphatic heterocycles. The Balaban J connectivity index is 2.25. The molecule has 1 heterocycles. The van der Waals surface area contributed by atoms with Crippen molar-refractivity contribution in [2.24, 2.45) is 0 Å². The van der Waals surface area contributed by atoms with Gasteiger partial charge in [0.2, 0.25) is 0 Å². The van der Waals surface area contributed by atoms with Gasteiger partial charge >= 0.3 is 0 Å². The van der Waals surface area contributed by atoms with Crippen LogP contribution >= 0.6 is 11.8 Å². The van der Waals surface area contributed by atoms with E-state index >= 15 is 0 Å². The highest BCUT2D eigenvalue weighted by Gasteiger charge is 2.04. The van der Waals surface area contributed by atoms with Gasteiger partial charge in [0.25, 0.3) is 5.22 Å². The first-order valence-electron chi connectivity index (χ1n) is 4.54. The fourth-order valence-corrected chi connectivity index (χ4v) is 1.71. The fraction of sp³-hybridized carbons (Fsp3) is 0.182. The Morgan fingerprint density at radius 1 is 1.29 bits per heavy atom. The van der Waals surface area contributed by atoms with Crippen LogP contribution in [0.1, 0.15) is 6.92 Å². The number of hydrogen-bond acceptors (Lipinski definition) is 3. The second-order valence-corrected chi connectivity index (χ2v) is 4.01. The summed E-state index contributed by atoms with van der Waals surface area (Å²) in [6.07, 6.45) is 1.70. The second kappa shape index (κ2) is 4.33. The van der Waals surface area contributed by atoms with Crippen molar-refractivity contribution in [1.29, 1.82) is 0 Å². The fourth-order valence-electron chi connectivity index (χ4n) is 1.19. The number of benzene rings is 1. The van der Waals surface area contributed by atoms with Gasteiger partial charge in [-0.25, -0.2) is 4.98 Å². The lowest BCUT2D eigenvalue weighted by atomic mass is 10.2. The van der Waals surface area contributed by atoms with E-state index in [9.17, 15) is 0 Å². The summed E-state index contributed by atoms with van der Waals surface area (Å²) in [6.45, 7) is 2.08. The monoisotopic (exact) mass is 205 g/mol. The zero-order chi connectivity index (χ0) is 9.80. The zero-order valence-corrected chi connectivity index (χ0v) is 8.75.